The van der Waals surface area contributed by atoms with Gasteiger partial charge in [-0.1, -0.05) is 26.0 Å². The molecule has 0 amide bonds. The van der Waals surface area contributed by atoms with Gasteiger partial charge < -0.3 is 5.32 Å². The number of rotatable bonds is 7. The Morgan fingerprint density at radius 2 is 1.95 bits per heavy atom. The van der Waals surface area contributed by atoms with Crippen molar-refractivity contribution < 1.29 is 12.8 Å². The number of nitrogens with zero attached hydrogens (tertiary/aromatic N) is 1. The van der Waals surface area contributed by atoms with Gasteiger partial charge in [-0.3, -0.25) is 4.31 Å². The predicted molar refractivity (Wildman–Crippen MR) is 76.3 cm³/mol. The van der Waals surface area contributed by atoms with Crippen molar-refractivity contribution in [2.45, 2.75) is 26.8 Å². The number of anilines is 1. The molecule has 4 nitrogen and oxygen atoms in total. The average molecular weight is 288 g/mol. The van der Waals surface area contributed by atoms with E-state index < -0.39 is 15.8 Å². The molecule has 0 fully saturated rings. The number of benzene rings is 1. The van der Waals surface area contributed by atoms with E-state index in [-0.39, 0.29) is 24.0 Å². The van der Waals surface area contributed by atoms with Crippen LogP contribution in [0.4, 0.5) is 10.1 Å². The van der Waals surface area contributed by atoms with Crippen LogP contribution in [-0.2, 0) is 10.0 Å². The number of halogens is 1. The van der Waals surface area contributed by atoms with Gasteiger partial charge in [-0.15, -0.1) is 0 Å². The molecule has 6 heteroatoms. The van der Waals surface area contributed by atoms with Crippen LogP contribution in [0.15, 0.2) is 24.3 Å². The van der Waals surface area contributed by atoms with Crippen molar-refractivity contribution in [2.75, 3.05) is 23.1 Å². The van der Waals surface area contributed by atoms with Crippen LogP contribution in [-0.4, -0.2) is 33.3 Å². The van der Waals surface area contributed by atoms with Crippen molar-refractivity contribution >= 4 is 15.7 Å². The van der Waals surface area contributed by atoms with Crippen molar-refractivity contribution in [1.82, 2.24) is 5.32 Å². The van der Waals surface area contributed by atoms with Crippen LogP contribution >= 0.6 is 0 Å². The van der Waals surface area contributed by atoms with Gasteiger partial charge in [0.2, 0.25) is 10.0 Å². The van der Waals surface area contributed by atoms with E-state index in [0.717, 1.165) is 4.31 Å². The van der Waals surface area contributed by atoms with E-state index in [1.54, 1.807) is 19.1 Å². The van der Waals surface area contributed by atoms with E-state index in [0.29, 0.717) is 6.54 Å². The summed E-state index contributed by atoms with van der Waals surface area (Å²) in [5.74, 6) is -0.572. The summed E-state index contributed by atoms with van der Waals surface area (Å²) in [4.78, 5) is 0. The van der Waals surface area contributed by atoms with Crippen molar-refractivity contribution in [3.8, 4) is 0 Å². The third-order valence-electron chi connectivity index (χ3n) is 2.66. The maximum Gasteiger partial charge on any atom is 0.236 e. The molecule has 0 radical (unpaired) electrons. The maximum absolute atomic E-state index is 13.7. The van der Waals surface area contributed by atoms with Crippen LogP contribution in [0.2, 0.25) is 0 Å². The minimum absolute atomic E-state index is 0.0483. The summed E-state index contributed by atoms with van der Waals surface area (Å²) in [6, 6.07) is 6.13. The fraction of sp³-hybridized carbons (Fsp3) is 0.538. The molecular weight excluding hydrogens is 267 g/mol. The third-order valence-corrected chi connectivity index (χ3v) is 4.50. The molecule has 0 saturated carbocycles. The number of hydrogen-bond donors (Lipinski definition) is 1. The van der Waals surface area contributed by atoms with E-state index in [9.17, 15) is 12.8 Å². The lowest BCUT2D eigenvalue weighted by Gasteiger charge is -2.23. The molecule has 0 unspecified atom stereocenters. The average Bonchev–Trinajstić information content (AvgIpc) is 2.31. The predicted octanol–water partition coefficient (Wildman–Crippen LogP) is 1.98. The van der Waals surface area contributed by atoms with Crippen LogP contribution < -0.4 is 9.62 Å². The van der Waals surface area contributed by atoms with Crippen LogP contribution in [0, 0.1) is 5.82 Å². The van der Waals surface area contributed by atoms with Gasteiger partial charge in [0.15, 0.2) is 0 Å². The van der Waals surface area contributed by atoms with Gasteiger partial charge in [-0.2, -0.15) is 0 Å². The van der Waals surface area contributed by atoms with E-state index in [2.05, 4.69) is 5.32 Å². The second-order valence-electron chi connectivity index (χ2n) is 4.54. The van der Waals surface area contributed by atoms with E-state index in [1.807, 2.05) is 13.8 Å². The molecule has 19 heavy (non-hydrogen) atoms. The first-order valence-electron chi connectivity index (χ1n) is 6.36. The smallest absolute Gasteiger partial charge is 0.236 e. The zero-order valence-corrected chi connectivity index (χ0v) is 12.4. The Balaban J connectivity index is 2.87. The van der Waals surface area contributed by atoms with Crippen LogP contribution in [0.1, 0.15) is 20.8 Å². The molecular formula is C13H21FN2O2S. The summed E-state index contributed by atoms with van der Waals surface area (Å²) < 4.78 is 39.2. The largest absolute Gasteiger partial charge is 0.313 e. The molecule has 0 saturated heterocycles. The second-order valence-corrected chi connectivity index (χ2v) is 6.55. The number of nitrogens with one attached hydrogen (secondary N) is 1. The first-order chi connectivity index (χ1) is 8.88. The fourth-order valence-electron chi connectivity index (χ4n) is 1.76. The molecule has 1 aromatic carbocycles. The minimum Gasteiger partial charge on any atom is -0.313 e. The van der Waals surface area contributed by atoms with E-state index >= 15 is 0 Å². The summed E-state index contributed by atoms with van der Waals surface area (Å²) in [6.45, 7) is 6.15. The summed E-state index contributed by atoms with van der Waals surface area (Å²) in [5.41, 5.74) is 0.106. The molecule has 0 aromatic heterocycles. The molecule has 0 spiro atoms. The van der Waals surface area contributed by atoms with Gasteiger partial charge in [-0.25, -0.2) is 12.8 Å². The number of sulfonamides is 1. The SMILES string of the molecule is CCN(c1ccccc1F)S(=O)(=O)CCNC(C)C. The van der Waals surface area contributed by atoms with Gasteiger partial charge in [0.25, 0.3) is 0 Å². The molecule has 0 aliphatic carbocycles. The lowest BCUT2D eigenvalue weighted by Crippen LogP contribution is -2.38. The Morgan fingerprint density at radius 3 is 2.47 bits per heavy atom. The van der Waals surface area contributed by atoms with Gasteiger partial charge in [-0.05, 0) is 19.1 Å². The zero-order valence-electron chi connectivity index (χ0n) is 11.6. The maximum atomic E-state index is 13.7. The first kappa shape index (κ1) is 15.9. The molecule has 1 rings (SSSR count). The van der Waals surface area contributed by atoms with Gasteiger partial charge in [0, 0.05) is 19.1 Å². The molecule has 1 N–H and O–H groups in total. The number of hydrogen-bond acceptors (Lipinski definition) is 3. The van der Waals surface area contributed by atoms with Gasteiger partial charge in [0.05, 0.1) is 11.4 Å². The molecule has 0 aliphatic rings. The highest BCUT2D eigenvalue weighted by molar-refractivity contribution is 7.92. The van der Waals surface area contributed by atoms with Crippen LogP contribution in [0.3, 0.4) is 0 Å². The standard InChI is InChI=1S/C13H21FN2O2S/c1-4-16(13-8-6-5-7-12(13)14)19(17,18)10-9-15-11(2)3/h5-8,11,15H,4,9-10H2,1-3H3. The molecule has 0 bridgehead atoms. The summed E-state index contributed by atoms with van der Waals surface area (Å²) in [5, 5.41) is 3.05. The molecule has 1 aromatic rings. The number of para-hydroxylation sites is 1. The fourth-order valence-corrected chi connectivity index (χ4v) is 3.19. The zero-order chi connectivity index (χ0) is 14.5. The third kappa shape index (κ3) is 4.47. The Labute approximate surface area is 114 Å². The van der Waals surface area contributed by atoms with Crippen molar-refractivity contribution in [2.24, 2.45) is 0 Å². The first-order valence-corrected chi connectivity index (χ1v) is 7.97. The summed E-state index contributed by atoms with van der Waals surface area (Å²) in [6.07, 6.45) is 0. The lowest BCUT2D eigenvalue weighted by molar-refractivity contribution is 0.572. The molecule has 0 atom stereocenters. The van der Waals surface area contributed by atoms with Gasteiger partial charge in [0.1, 0.15) is 5.82 Å². The highest BCUT2D eigenvalue weighted by Crippen LogP contribution is 2.21. The van der Waals surface area contributed by atoms with Crippen molar-refractivity contribution in [1.29, 1.82) is 0 Å². The monoisotopic (exact) mass is 288 g/mol. The van der Waals surface area contributed by atoms with E-state index in [4.69, 9.17) is 0 Å². The Kier molecular flexibility index (Phi) is 5.75. The normalized spacial score (nSPS) is 11.8. The minimum atomic E-state index is -3.51. The van der Waals surface area contributed by atoms with E-state index in [1.165, 1.54) is 12.1 Å². The molecule has 0 aliphatic heterocycles. The lowest BCUT2D eigenvalue weighted by atomic mass is 10.3. The molecule has 0 heterocycles. The Hall–Kier alpha value is -1.14. The summed E-state index contributed by atoms with van der Waals surface area (Å²) >= 11 is 0. The highest BCUT2D eigenvalue weighted by atomic mass is 32.2. The van der Waals surface area contributed by atoms with Gasteiger partial charge >= 0.3 is 0 Å². The topological polar surface area (TPSA) is 49.4 Å². The second kappa shape index (κ2) is 6.86. The van der Waals surface area contributed by atoms with Crippen molar-refractivity contribution in [3.05, 3.63) is 30.1 Å². The molecule has 108 valence electrons. The Bertz CT molecular complexity index is 503. The van der Waals surface area contributed by atoms with Crippen molar-refractivity contribution in [3.63, 3.8) is 0 Å². The highest BCUT2D eigenvalue weighted by Gasteiger charge is 2.22. The van der Waals surface area contributed by atoms with Crippen LogP contribution in [0.25, 0.3) is 0 Å². The van der Waals surface area contributed by atoms with Crippen LogP contribution in [0.5, 0.6) is 0 Å². The Morgan fingerprint density at radius 1 is 1.32 bits per heavy atom. The quantitative estimate of drug-likeness (QED) is 0.834. The summed E-state index contributed by atoms with van der Waals surface area (Å²) in [7, 11) is -3.51.